The van der Waals surface area contributed by atoms with Gasteiger partial charge < -0.3 is 14.6 Å². The van der Waals surface area contributed by atoms with Crippen molar-refractivity contribution in [1.82, 2.24) is 0 Å². The van der Waals surface area contributed by atoms with Gasteiger partial charge in [0.2, 0.25) is 0 Å². The van der Waals surface area contributed by atoms with Gasteiger partial charge >= 0.3 is 5.97 Å². The van der Waals surface area contributed by atoms with Gasteiger partial charge in [-0.2, -0.15) is 0 Å². The topological polar surface area (TPSA) is 55.8 Å². The van der Waals surface area contributed by atoms with Crippen LogP contribution in [0.1, 0.15) is 73.6 Å². The quantitative estimate of drug-likeness (QED) is 0.588. The van der Waals surface area contributed by atoms with Crippen molar-refractivity contribution in [2.75, 3.05) is 0 Å². The number of esters is 1. The zero-order valence-electron chi connectivity index (χ0n) is 17.3. The molecule has 26 heavy (non-hydrogen) atoms. The summed E-state index contributed by atoms with van der Waals surface area (Å²) >= 11 is 0. The van der Waals surface area contributed by atoms with Crippen LogP contribution in [0, 0.1) is 22.7 Å². The van der Waals surface area contributed by atoms with Crippen LogP contribution in [0.3, 0.4) is 0 Å². The van der Waals surface area contributed by atoms with Gasteiger partial charge in [-0.1, -0.05) is 26.8 Å². The number of carbonyl (C=O) groups excluding carboxylic acids is 1. The van der Waals surface area contributed by atoms with E-state index >= 15 is 0 Å². The molecule has 1 aliphatic heterocycles. The van der Waals surface area contributed by atoms with E-state index in [0.29, 0.717) is 5.92 Å². The van der Waals surface area contributed by atoms with E-state index in [4.69, 9.17) is 9.47 Å². The first kappa shape index (κ1) is 19.9. The van der Waals surface area contributed by atoms with E-state index in [9.17, 15) is 9.90 Å². The molecule has 148 valence electrons. The van der Waals surface area contributed by atoms with Gasteiger partial charge in [0.05, 0.1) is 11.7 Å². The fourth-order valence-corrected chi connectivity index (χ4v) is 6.69. The maximum Gasteiger partial charge on any atom is 0.303 e. The lowest BCUT2D eigenvalue weighted by atomic mass is 9.43. The normalized spacial score (nSPS) is 50.3. The van der Waals surface area contributed by atoms with Crippen molar-refractivity contribution in [3.63, 3.8) is 0 Å². The van der Waals surface area contributed by atoms with Gasteiger partial charge in [0.15, 0.2) is 0 Å². The zero-order chi connectivity index (χ0) is 19.5. The summed E-state index contributed by atoms with van der Waals surface area (Å²) in [7, 11) is 0. The van der Waals surface area contributed by atoms with Crippen LogP contribution in [0.5, 0.6) is 0 Å². The molecule has 0 spiro atoms. The highest BCUT2D eigenvalue weighted by Gasteiger charge is 2.65. The van der Waals surface area contributed by atoms with E-state index in [2.05, 4.69) is 34.3 Å². The van der Waals surface area contributed by atoms with Crippen LogP contribution in [0.25, 0.3) is 0 Å². The Labute approximate surface area is 158 Å². The Morgan fingerprint density at radius 1 is 1.15 bits per heavy atom. The van der Waals surface area contributed by atoms with Gasteiger partial charge in [0, 0.05) is 6.92 Å². The van der Waals surface area contributed by atoms with E-state index in [1.165, 1.54) is 6.92 Å². The summed E-state index contributed by atoms with van der Waals surface area (Å²) in [6, 6.07) is 0. The Balaban J connectivity index is 2.00. The fourth-order valence-electron chi connectivity index (χ4n) is 6.69. The summed E-state index contributed by atoms with van der Waals surface area (Å²) in [6.45, 7) is 16.4. The van der Waals surface area contributed by atoms with Crippen molar-refractivity contribution in [3.05, 3.63) is 12.7 Å². The molecule has 7 atom stereocenters. The molecule has 0 aromatic rings. The smallest absolute Gasteiger partial charge is 0.303 e. The summed E-state index contributed by atoms with van der Waals surface area (Å²) < 4.78 is 12.4. The fraction of sp³-hybridized carbons (Fsp3) is 0.864. The minimum atomic E-state index is -0.663. The second kappa shape index (κ2) is 6.07. The van der Waals surface area contributed by atoms with Crippen LogP contribution < -0.4 is 0 Å². The number of carbonyl (C=O) groups is 1. The summed E-state index contributed by atoms with van der Waals surface area (Å²) in [5.74, 6) is 0.455. The third-order valence-electron chi connectivity index (χ3n) is 8.23. The van der Waals surface area contributed by atoms with Gasteiger partial charge in [0.25, 0.3) is 0 Å². The third-order valence-corrected chi connectivity index (χ3v) is 8.23. The second-order valence-electron chi connectivity index (χ2n) is 10.2. The van der Waals surface area contributed by atoms with E-state index in [-0.39, 0.29) is 40.5 Å². The SMILES string of the molecule is C=C[C@]1(C)O[C@@]2(C)CC[C@H]3C(C)(C)[C@H](O)CC[C@@]3(C)[C@@H]2C[C@H]1OC(C)=O. The number of ether oxygens (including phenoxy) is 2. The van der Waals surface area contributed by atoms with E-state index in [0.717, 1.165) is 32.1 Å². The highest BCUT2D eigenvalue weighted by atomic mass is 16.6. The average Bonchev–Trinajstić information content (AvgIpc) is 2.52. The standard InChI is InChI=1S/C22H36O4/c1-8-21(6)18(25-14(2)23)13-16-20(5)11-10-17(24)19(3,4)15(20)9-12-22(16,7)26-21/h8,15-18,24H,1,9-13H2,2-7H3/t15-,16-,17+,18+,20+,21-,22-/m0/s1. The predicted molar refractivity (Wildman–Crippen MR) is 102 cm³/mol. The maximum absolute atomic E-state index is 11.7. The molecule has 0 unspecified atom stereocenters. The third kappa shape index (κ3) is 2.75. The lowest BCUT2D eigenvalue weighted by Gasteiger charge is -2.66. The molecule has 1 N–H and O–H groups in total. The van der Waals surface area contributed by atoms with Crippen LogP contribution in [0.4, 0.5) is 0 Å². The number of aliphatic hydroxyl groups excluding tert-OH is 1. The molecule has 1 saturated heterocycles. The van der Waals surface area contributed by atoms with Gasteiger partial charge in [-0.05, 0) is 68.6 Å². The highest BCUT2D eigenvalue weighted by molar-refractivity contribution is 5.66. The summed E-state index contributed by atoms with van der Waals surface area (Å²) in [4.78, 5) is 11.7. The molecular weight excluding hydrogens is 328 g/mol. The molecule has 0 aromatic carbocycles. The molecule has 0 radical (unpaired) electrons. The first-order valence-corrected chi connectivity index (χ1v) is 10.1. The molecule has 4 heteroatoms. The van der Waals surface area contributed by atoms with Crippen LogP contribution in [-0.4, -0.2) is 34.5 Å². The first-order valence-electron chi connectivity index (χ1n) is 10.1. The molecular formula is C22H36O4. The Morgan fingerprint density at radius 2 is 1.81 bits per heavy atom. The molecule has 0 aromatic heterocycles. The van der Waals surface area contributed by atoms with E-state index in [1.54, 1.807) is 6.08 Å². The Bertz CT molecular complexity index is 599. The number of aliphatic hydroxyl groups is 1. The van der Waals surface area contributed by atoms with Crippen molar-refractivity contribution in [2.24, 2.45) is 22.7 Å². The zero-order valence-corrected chi connectivity index (χ0v) is 17.3. The van der Waals surface area contributed by atoms with Crippen molar-refractivity contribution in [1.29, 1.82) is 0 Å². The van der Waals surface area contributed by atoms with Crippen molar-refractivity contribution in [2.45, 2.75) is 97.1 Å². The molecule has 3 aliphatic rings. The maximum atomic E-state index is 11.7. The monoisotopic (exact) mass is 364 g/mol. The van der Waals surface area contributed by atoms with Crippen LogP contribution in [0.15, 0.2) is 12.7 Å². The Kier molecular flexibility index (Phi) is 4.64. The number of hydrogen-bond donors (Lipinski definition) is 1. The molecule has 4 nitrogen and oxygen atoms in total. The van der Waals surface area contributed by atoms with Crippen LogP contribution >= 0.6 is 0 Å². The van der Waals surface area contributed by atoms with Crippen molar-refractivity contribution >= 4 is 5.97 Å². The Morgan fingerprint density at radius 3 is 2.38 bits per heavy atom. The van der Waals surface area contributed by atoms with Gasteiger partial charge in [-0.25, -0.2) is 0 Å². The van der Waals surface area contributed by atoms with Crippen molar-refractivity contribution in [3.8, 4) is 0 Å². The minimum absolute atomic E-state index is 0.0661. The molecule has 2 aliphatic carbocycles. The molecule has 2 saturated carbocycles. The second-order valence-corrected chi connectivity index (χ2v) is 10.2. The molecule has 3 rings (SSSR count). The van der Waals surface area contributed by atoms with E-state index in [1.807, 2.05) is 6.92 Å². The predicted octanol–water partition coefficient (Wildman–Crippen LogP) is 4.26. The molecule has 1 heterocycles. The lowest BCUT2D eigenvalue weighted by molar-refractivity contribution is -0.290. The molecule has 3 fully saturated rings. The molecule has 0 amide bonds. The number of hydrogen-bond acceptors (Lipinski definition) is 4. The van der Waals surface area contributed by atoms with Crippen LogP contribution in [-0.2, 0) is 14.3 Å². The summed E-state index contributed by atoms with van der Waals surface area (Å²) in [6.07, 6.45) is 5.84. The van der Waals surface area contributed by atoms with Crippen LogP contribution in [0.2, 0.25) is 0 Å². The van der Waals surface area contributed by atoms with Gasteiger partial charge in [0.1, 0.15) is 11.7 Å². The summed E-state index contributed by atoms with van der Waals surface area (Å²) in [5.41, 5.74) is -0.964. The number of fused-ring (bicyclic) bond motifs is 3. The minimum Gasteiger partial charge on any atom is -0.459 e. The largest absolute Gasteiger partial charge is 0.459 e. The van der Waals surface area contributed by atoms with Gasteiger partial charge in [-0.15, -0.1) is 6.58 Å². The number of rotatable bonds is 2. The highest BCUT2D eigenvalue weighted by Crippen LogP contribution is 2.65. The van der Waals surface area contributed by atoms with E-state index < -0.39 is 5.60 Å². The first-order chi connectivity index (χ1) is 11.9. The average molecular weight is 365 g/mol. The van der Waals surface area contributed by atoms with Gasteiger partial charge in [-0.3, -0.25) is 4.79 Å². The molecule has 0 bridgehead atoms. The van der Waals surface area contributed by atoms with Crippen molar-refractivity contribution < 1.29 is 19.4 Å². The Hall–Kier alpha value is -0.870. The summed E-state index contributed by atoms with van der Waals surface area (Å²) in [5, 5.41) is 10.6. The lowest BCUT2D eigenvalue weighted by Crippen LogP contribution is -2.67.